The first kappa shape index (κ1) is 14.0. The molecule has 1 aromatic rings. The summed E-state index contributed by atoms with van der Waals surface area (Å²) in [5.41, 5.74) is 0. The maximum Gasteiger partial charge on any atom is 0.0931 e. The van der Waals surface area contributed by atoms with Crippen LogP contribution in [0.3, 0.4) is 0 Å². The van der Waals surface area contributed by atoms with Crippen LogP contribution >= 0.6 is 22.9 Å². The van der Waals surface area contributed by atoms with Crippen LogP contribution in [0.2, 0.25) is 4.34 Å². The average Bonchev–Trinajstić information content (AvgIpc) is 2.63. The molecule has 0 aliphatic heterocycles. The maximum atomic E-state index is 5.84. The molecule has 92 valence electrons. The van der Waals surface area contributed by atoms with Crippen molar-refractivity contribution < 1.29 is 4.74 Å². The molecular weight excluding hydrogens is 242 g/mol. The first-order valence-electron chi connectivity index (χ1n) is 5.66. The van der Waals surface area contributed by atoms with Crippen LogP contribution in [0.1, 0.15) is 25.6 Å². The fourth-order valence-corrected chi connectivity index (χ4v) is 2.22. The molecule has 0 amide bonds. The fraction of sp³-hybridized carbons (Fsp3) is 0.667. The van der Waals surface area contributed by atoms with E-state index in [1.807, 2.05) is 6.07 Å². The second kappa shape index (κ2) is 7.28. The van der Waals surface area contributed by atoms with E-state index in [-0.39, 0.29) is 0 Å². The minimum atomic E-state index is 0.331. The molecular formula is C12H20ClNOS. The van der Waals surface area contributed by atoms with E-state index in [9.17, 15) is 0 Å². The maximum absolute atomic E-state index is 5.84. The fourth-order valence-electron chi connectivity index (χ4n) is 1.17. The van der Waals surface area contributed by atoms with Gasteiger partial charge >= 0.3 is 0 Å². The van der Waals surface area contributed by atoms with E-state index in [4.69, 9.17) is 16.3 Å². The first-order valence-corrected chi connectivity index (χ1v) is 6.85. The zero-order chi connectivity index (χ0) is 12.0. The topological polar surface area (TPSA) is 21.3 Å². The largest absolute Gasteiger partial charge is 0.377 e. The van der Waals surface area contributed by atoms with Gasteiger partial charge < -0.3 is 10.1 Å². The van der Waals surface area contributed by atoms with Gasteiger partial charge in [0.25, 0.3) is 0 Å². The van der Waals surface area contributed by atoms with Gasteiger partial charge in [-0.15, -0.1) is 11.3 Å². The van der Waals surface area contributed by atoms with Crippen molar-refractivity contribution in [1.29, 1.82) is 0 Å². The molecule has 1 aromatic heterocycles. The number of halogens is 1. The summed E-state index contributed by atoms with van der Waals surface area (Å²) in [5.74, 6) is 0.580. The highest BCUT2D eigenvalue weighted by Gasteiger charge is 2.06. The lowest BCUT2D eigenvalue weighted by Gasteiger charge is -2.16. The highest BCUT2D eigenvalue weighted by atomic mass is 35.5. The minimum Gasteiger partial charge on any atom is -0.377 e. The summed E-state index contributed by atoms with van der Waals surface area (Å²) in [6.45, 7) is 8.98. The molecule has 1 heterocycles. The smallest absolute Gasteiger partial charge is 0.0931 e. The SMILES string of the molecule is CC(C)C(C)OCCNCc1ccc(Cl)s1. The molecule has 0 saturated heterocycles. The van der Waals surface area contributed by atoms with E-state index in [1.54, 1.807) is 11.3 Å². The van der Waals surface area contributed by atoms with Crippen molar-refractivity contribution in [2.75, 3.05) is 13.2 Å². The van der Waals surface area contributed by atoms with E-state index >= 15 is 0 Å². The van der Waals surface area contributed by atoms with Gasteiger partial charge in [-0.2, -0.15) is 0 Å². The van der Waals surface area contributed by atoms with Gasteiger partial charge in [-0.25, -0.2) is 0 Å². The number of nitrogens with one attached hydrogen (secondary N) is 1. The Bertz CT molecular complexity index is 301. The van der Waals surface area contributed by atoms with Crippen molar-refractivity contribution in [2.24, 2.45) is 5.92 Å². The van der Waals surface area contributed by atoms with Gasteiger partial charge in [-0.05, 0) is 25.0 Å². The number of thiophene rings is 1. The summed E-state index contributed by atoms with van der Waals surface area (Å²) in [5, 5.41) is 3.34. The molecule has 0 radical (unpaired) electrons. The normalized spacial score (nSPS) is 13.3. The molecule has 4 heteroatoms. The van der Waals surface area contributed by atoms with Crippen molar-refractivity contribution in [3.05, 3.63) is 21.3 Å². The lowest BCUT2D eigenvalue weighted by Crippen LogP contribution is -2.23. The average molecular weight is 262 g/mol. The van der Waals surface area contributed by atoms with Crippen LogP contribution in [0.5, 0.6) is 0 Å². The summed E-state index contributed by atoms with van der Waals surface area (Å²) in [7, 11) is 0. The Balaban J connectivity index is 2.04. The van der Waals surface area contributed by atoms with Crippen LogP contribution in [-0.4, -0.2) is 19.3 Å². The third-order valence-corrected chi connectivity index (χ3v) is 3.76. The van der Waals surface area contributed by atoms with Gasteiger partial charge in [-0.3, -0.25) is 0 Å². The van der Waals surface area contributed by atoms with Gasteiger partial charge in [0.15, 0.2) is 0 Å². The van der Waals surface area contributed by atoms with Crippen LogP contribution in [0.4, 0.5) is 0 Å². The molecule has 0 saturated carbocycles. The zero-order valence-electron chi connectivity index (χ0n) is 10.1. The molecule has 0 aliphatic rings. The Kier molecular flexibility index (Phi) is 6.36. The number of hydrogen-bond donors (Lipinski definition) is 1. The Morgan fingerprint density at radius 3 is 2.69 bits per heavy atom. The summed E-state index contributed by atoms with van der Waals surface area (Å²) in [4.78, 5) is 1.27. The summed E-state index contributed by atoms with van der Waals surface area (Å²) in [6, 6.07) is 3.98. The van der Waals surface area contributed by atoms with Crippen LogP contribution < -0.4 is 5.32 Å². The van der Waals surface area contributed by atoms with Gasteiger partial charge in [0, 0.05) is 18.0 Å². The molecule has 0 aromatic carbocycles. The van der Waals surface area contributed by atoms with Crippen LogP contribution in [-0.2, 0) is 11.3 Å². The highest BCUT2D eigenvalue weighted by Crippen LogP contribution is 2.20. The second-order valence-electron chi connectivity index (χ2n) is 4.20. The van der Waals surface area contributed by atoms with Crippen LogP contribution in [0.25, 0.3) is 0 Å². The van der Waals surface area contributed by atoms with E-state index in [0.29, 0.717) is 12.0 Å². The van der Waals surface area contributed by atoms with E-state index in [0.717, 1.165) is 24.0 Å². The Morgan fingerprint density at radius 1 is 1.38 bits per heavy atom. The summed E-state index contributed by atoms with van der Waals surface area (Å²) in [6.07, 6.45) is 0.331. The zero-order valence-corrected chi connectivity index (χ0v) is 11.7. The van der Waals surface area contributed by atoms with Crippen molar-refractivity contribution in [3.8, 4) is 0 Å². The van der Waals surface area contributed by atoms with Gasteiger partial charge in [0.05, 0.1) is 17.0 Å². The third-order valence-electron chi connectivity index (χ3n) is 2.53. The van der Waals surface area contributed by atoms with Gasteiger partial charge in [0.1, 0.15) is 0 Å². The van der Waals surface area contributed by atoms with Crippen molar-refractivity contribution in [3.63, 3.8) is 0 Å². The molecule has 0 spiro atoms. The molecule has 1 atom stereocenters. The molecule has 0 aliphatic carbocycles. The Hall–Kier alpha value is -0.0900. The Labute approximate surface area is 107 Å². The van der Waals surface area contributed by atoms with Crippen molar-refractivity contribution in [2.45, 2.75) is 33.4 Å². The predicted octanol–water partition coefficient (Wildman–Crippen LogP) is 3.55. The molecule has 2 nitrogen and oxygen atoms in total. The summed E-state index contributed by atoms with van der Waals surface area (Å²) < 4.78 is 6.51. The van der Waals surface area contributed by atoms with Crippen molar-refractivity contribution in [1.82, 2.24) is 5.32 Å². The van der Waals surface area contributed by atoms with Crippen LogP contribution in [0, 0.1) is 5.92 Å². The third kappa shape index (κ3) is 5.30. The van der Waals surface area contributed by atoms with E-state index in [1.165, 1.54) is 4.88 Å². The number of hydrogen-bond acceptors (Lipinski definition) is 3. The number of rotatable bonds is 7. The quantitative estimate of drug-likeness (QED) is 0.758. The number of ether oxygens (including phenoxy) is 1. The Morgan fingerprint density at radius 2 is 2.12 bits per heavy atom. The second-order valence-corrected chi connectivity index (χ2v) is 6.00. The van der Waals surface area contributed by atoms with E-state index in [2.05, 4.69) is 32.2 Å². The minimum absolute atomic E-state index is 0.331. The van der Waals surface area contributed by atoms with Gasteiger partial charge in [-0.1, -0.05) is 25.4 Å². The van der Waals surface area contributed by atoms with Crippen LogP contribution in [0.15, 0.2) is 12.1 Å². The predicted molar refractivity (Wildman–Crippen MR) is 71.3 cm³/mol. The lowest BCUT2D eigenvalue weighted by atomic mass is 10.1. The van der Waals surface area contributed by atoms with Crippen molar-refractivity contribution >= 4 is 22.9 Å². The molecule has 1 N–H and O–H groups in total. The molecule has 0 bridgehead atoms. The van der Waals surface area contributed by atoms with Gasteiger partial charge in [0.2, 0.25) is 0 Å². The monoisotopic (exact) mass is 261 g/mol. The lowest BCUT2D eigenvalue weighted by molar-refractivity contribution is 0.0373. The van der Waals surface area contributed by atoms with E-state index < -0.39 is 0 Å². The molecule has 16 heavy (non-hydrogen) atoms. The highest BCUT2D eigenvalue weighted by molar-refractivity contribution is 7.16. The standard InChI is InChI=1S/C12H20ClNOS/c1-9(2)10(3)15-7-6-14-8-11-4-5-12(13)16-11/h4-5,9-10,14H,6-8H2,1-3H3. The molecule has 1 rings (SSSR count). The molecule has 0 fully saturated rings. The summed E-state index contributed by atoms with van der Waals surface area (Å²) >= 11 is 7.46. The first-order chi connectivity index (χ1) is 7.59. The molecule has 1 unspecified atom stereocenters.